The fraction of sp³-hybridized carbons (Fsp3) is 0.350. The van der Waals surface area contributed by atoms with E-state index in [0.29, 0.717) is 6.61 Å². The molecule has 1 atom stereocenters. The van der Waals surface area contributed by atoms with Crippen molar-refractivity contribution in [3.63, 3.8) is 0 Å². The molecular weight excluding hydrogens is 300 g/mol. The Bertz CT molecular complexity index is 710. The molecule has 2 N–H and O–H groups in total. The van der Waals surface area contributed by atoms with E-state index < -0.39 is 0 Å². The number of hydrogen-bond donors (Lipinski definition) is 2. The van der Waals surface area contributed by atoms with E-state index in [1.807, 2.05) is 38.1 Å². The first kappa shape index (κ1) is 16.4. The highest BCUT2D eigenvalue weighted by Gasteiger charge is 2.15. The Morgan fingerprint density at radius 2 is 1.79 bits per heavy atom. The molecule has 0 fully saturated rings. The molecule has 0 aliphatic heterocycles. The summed E-state index contributed by atoms with van der Waals surface area (Å²) >= 11 is 0. The van der Waals surface area contributed by atoms with Crippen molar-refractivity contribution in [1.82, 2.24) is 0 Å². The zero-order valence-corrected chi connectivity index (χ0v) is 14.3. The standard InChI is InChI=1S/C20H24N2O2/c1-3-24-19-11-9-17(10-12-19)22-20(23)14(2)21-18-8-7-15-5-4-6-16(15)13-18/h7-14,21H,3-6H2,1-2H3,(H,22,23)/t14-/m1/s1. The van der Waals surface area contributed by atoms with Gasteiger partial charge in [-0.15, -0.1) is 0 Å². The van der Waals surface area contributed by atoms with Crippen LogP contribution in [-0.2, 0) is 17.6 Å². The van der Waals surface area contributed by atoms with E-state index in [-0.39, 0.29) is 11.9 Å². The van der Waals surface area contributed by atoms with Gasteiger partial charge in [0.1, 0.15) is 11.8 Å². The minimum Gasteiger partial charge on any atom is -0.494 e. The van der Waals surface area contributed by atoms with Gasteiger partial charge in [-0.2, -0.15) is 0 Å². The van der Waals surface area contributed by atoms with Crippen molar-refractivity contribution in [2.24, 2.45) is 0 Å². The number of fused-ring (bicyclic) bond motifs is 1. The van der Waals surface area contributed by atoms with E-state index >= 15 is 0 Å². The van der Waals surface area contributed by atoms with E-state index in [4.69, 9.17) is 4.74 Å². The van der Waals surface area contributed by atoms with Gasteiger partial charge in [0.25, 0.3) is 0 Å². The lowest BCUT2D eigenvalue weighted by molar-refractivity contribution is -0.116. The number of nitrogens with one attached hydrogen (secondary N) is 2. The number of rotatable bonds is 6. The second-order valence-electron chi connectivity index (χ2n) is 6.15. The Kier molecular flexibility index (Phi) is 5.04. The summed E-state index contributed by atoms with van der Waals surface area (Å²) in [6.45, 7) is 4.45. The van der Waals surface area contributed by atoms with Crippen LogP contribution in [0.1, 0.15) is 31.4 Å². The minimum atomic E-state index is -0.309. The van der Waals surface area contributed by atoms with Crippen molar-refractivity contribution in [2.45, 2.75) is 39.2 Å². The lowest BCUT2D eigenvalue weighted by Gasteiger charge is -2.16. The summed E-state index contributed by atoms with van der Waals surface area (Å²) in [6.07, 6.45) is 3.54. The van der Waals surface area contributed by atoms with Crippen LogP contribution in [0.4, 0.5) is 11.4 Å². The van der Waals surface area contributed by atoms with Crippen LogP contribution >= 0.6 is 0 Å². The van der Waals surface area contributed by atoms with Gasteiger partial charge in [-0.3, -0.25) is 4.79 Å². The zero-order valence-electron chi connectivity index (χ0n) is 14.3. The Morgan fingerprint density at radius 3 is 2.54 bits per heavy atom. The van der Waals surface area contributed by atoms with Crippen molar-refractivity contribution in [3.05, 3.63) is 53.6 Å². The third-order valence-electron chi connectivity index (χ3n) is 4.31. The van der Waals surface area contributed by atoms with Crippen molar-refractivity contribution in [3.8, 4) is 5.75 Å². The maximum absolute atomic E-state index is 12.4. The van der Waals surface area contributed by atoms with Gasteiger partial charge >= 0.3 is 0 Å². The molecule has 4 heteroatoms. The van der Waals surface area contributed by atoms with Crippen LogP contribution in [0.5, 0.6) is 5.75 Å². The number of aryl methyl sites for hydroxylation is 2. The monoisotopic (exact) mass is 324 g/mol. The van der Waals surface area contributed by atoms with Crippen LogP contribution in [-0.4, -0.2) is 18.6 Å². The van der Waals surface area contributed by atoms with Gasteiger partial charge in [-0.05, 0) is 80.6 Å². The van der Waals surface area contributed by atoms with E-state index in [1.54, 1.807) is 0 Å². The summed E-state index contributed by atoms with van der Waals surface area (Å²) in [7, 11) is 0. The third-order valence-corrected chi connectivity index (χ3v) is 4.31. The zero-order chi connectivity index (χ0) is 16.9. The van der Waals surface area contributed by atoms with Crippen LogP contribution < -0.4 is 15.4 Å². The van der Waals surface area contributed by atoms with Crippen LogP contribution in [0, 0.1) is 0 Å². The molecule has 4 nitrogen and oxygen atoms in total. The normalized spacial score (nSPS) is 13.9. The molecule has 2 aromatic rings. The number of amides is 1. The highest BCUT2D eigenvalue weighted by Crippen LogP contribution is 2.25. The summed E-state index contributed by atoms with van der Waals surface area (Å²) < 4.78 is 5.40. The second kappa shape index (κ2) is 7.39. The topological polar surface area (TPSA) is 50.4 Å². The van der Waals surface area contributed by atoms with Gasteiger partial charge in [0.15, 0.2) is 0 Å². The summed E-state index contributed by atoms with van der Waals surface area (Å²) in [6, 6.07) is 13.5. The smallest absolute Gasteiger partial charge is 0.246 e. The van der Waals surface area contributed by atoms with Gasteiger partial charge < -0.3 is 15.4 Å². The Morgan fingerprint density at radius 1 is 1.08 bits per heavy atom. The molecule has 1 amide bonds. The molecule has 24 heavy (non-hydrogen) atoms. The van der Waals surface area contributed by atoms with E-state index in [1.165, 1.54) is 24.0 Å². The van der Waals surface area contributed by atoms with Gasteiger partial charge in [-0.1, -0.05) is 6.07 Å². The first-order chi connectivity index (χ1) is 11.7. The van der Waals surface area contributed by atoms with Crippen molar-refractivity contribution >= 4 is 17.3 Å². The Hall–Kier alpha value is -2.49. The van der Waals surface area contributed by atoms with Gasteiger partial charge in [0.2, 0.25) is 5.91 Å². The molecule has 1 aliphatic rings. The summed E-state index contributed by atoms with van der Waals surface area (Å²) in [4.78, 5) is 12.4. The summed E-state index contributed by atoms with van der Waals surface area (Å²) in [5.41, 5.74) is 4.61. The lowest BCUT2D eigenvalue weighted by Crippen LogP contribution is -2.31. The van der Waals surface area contributed by atoms with Gasteiger partial charge in [0, 0.05) is 11.4 Å². The molecule has 0 spiro atoms. The lowest BCUT2D eigenvalue weighted by atomic mass is 10.1. The number of carbonyl (C=O) groups excluding carboxylic acids is 1. The van der Waals surface area contributed by atoms with Crippen LogP contribution in [0.3, 0.4) is 0 Å². The second-order valence-corrected chi connectivity index (χ2v) is 6.15. The van der Waals surface area contributed by atoms with Gasteiger partial charge in [-0.25, -0.2) is 0 Å². The molecule has 0 bridgehead atoms. The molecule has 0 aromatic heterocycles. The predicted octanol–water partition coefficient (Wildman–Crippen LogP) is 4.01. The molecule has 0 saturated carbocycles. The third kappa shape index (κ3) is 3.88. The first-order valence-corrected chi connectivity index (χ1v) is 8.58. The molecule has 2 aromatic carbocycles. The molecule has 0 heterocycles. The Balaban J connectivity index is 1.58. The molecule has 0 unspecified atom stereocenters. The van der Waals surface area contributed by atoms with E-state index in [2.05, 4.69) is 28.8 Å². The van der Waals surface area contributed by atoms with Crippen molar-refractivity contribution in [1.29, 1.82) is 0 Å². The number of benzene rings is 2. The maximum atomic E-state index is 12.4. The molecule has 126 valence electrons. The fourth-order valence-electron chi connectivity index (χ4n) is 3.03. The maximum Gasteiger partial charge on any atom is 0.246 e. The van der Waals surface area contributed by atoms with Crippen LogP contribution in [0.2, 0.25) is 0 Å². The highest BCUT2D eigenvalue weighted by molar-refractivity contribution is 5.96. The average Bonchev–Trinajstić information content (AvgIpc) is 3.04. The molecule has 0 saturated heterocycles. The number of anilines is 2. The number of ether oxygens (including phenoxy) is 1. The predicted molar refractivity (Wildman–Crippen MR) is 97.8 cm³/mol. The van der Waals surface area contributed by atoms with Crippen molar-refractivity contribution < 1.29 is 9.53 Å². The van der Waals surface area contributed by atoms with Crippen LogP contribution in [0.25, 0.3) is 0 Å². The van der Waals surface area contributed by atoms with Gasteiger partial charge in [0.05, 0.1) is 6.61 Å². The first-order valence-electron chi connectivity index (χ1n) is 8.58. The number of carbonyl (C=O) groups is 1. The number of hydrogen-bond acceptors (Lipinski definition) is 3. The SMILES string of the molecule is CCOc1ccc(NC(=O)[C@@H](C)Nc2ccc3c(c2)CCC3)cc1. The summed E-state index contributed by atoms with van der Waals surface area (Å²) in [5, 5.41) is 6.21. The molecule has 0 radical (unpaired) electrons. The van der Waals surface area contributed by atoms with E-state index in [0.717, 1.165) is 23.5 Å². The molecular formula is C20H24N2O2. The molecule has 1 aliphatic carbocycles. The minimum absolute atomic E-state index is 0.0559. The molecule has 3 rings (SSSR count). The quantitative estimate of drug-likeness (QED) is 0.844. The van der Waals surface area contributed by atoms with Crippen LogP contribution in [0.15, 0.2) is 42.5 Å². The largest absolute Gasteiger partial charge is 0.494 e. The summed E-state index contributed by atoms with van der Waals surface area (Å²) in [5.74, 6) is 0.750. The van der Waals surface area contributed by atoms with E-state index in [9.17, 15) is 4.79 Å². The highest BCUT2D eigenvalue weighted by atomic mass is 16.5. The Labute approximate surface area is 143 Å². The van der Waals surface area contributed by atoms with Crippen molar-refractivity contribution in [2.75, 3.05) is 17.2 Å². The average molecular weight is 324 g/mol. The fourth-order valence-corrected chi connectivity index (χ4v) is 3.03.